The number of nitrogens with zero attached hydrogens (tertiary/aromatic N) is 1. The minimum Gasteiger partial charge on any atom is -0.345 e. The van der Waals surface area contributed by atoms with Gasteiger partial charge in [-0.15, -0.1) is 0 Å². The zero-order valence-corrected chi connectivity index (χ0v) is 14.1. The topological polar surface area (TPSA) is 66.5 Å². The highest BCUT2D eigenvalue weighted by atomic mass is 32.2. The summed E-state index contributed by atoms with van der Waals surface area (Å²) in [5.74, 6) is 0.322. The van der Waals surface area contributed by atoms with Gasteiger partial charge in [-0.2, -0.15) is 0 Å². The van der Waals surface area contributed by atoms with Crippen molar-refractivity contribution in [3.63, 3.8) is 0 Å². The first-order chi connectivity index (χ1) is 10.3. The van der Waals surface area contributed by atoms with E-state index in [2.05, 4.69) is 4.72 Å². The van der Waals surface area contributed by atoms with Crippen LogP contribution in [-0.2, 0) is 14.8 Å². The summed E-state index contributed by atoms with van der Waals surface area (Å²) in [6.45, 7) is 4.82. The number of nitrogens with one attached hydrogen (secondary N) is 1. The van der Waals surface area contributed by atoms with Crippen LogP contribution in [0.5, 0.6) is 0 Å². The maximum atomic E-state index is 11.8. The smallest absolute Gasteiger partial charge is 0.233 e. The average molecular weight is 324 g/mol. The number of benzene rings is 1. The van der Waals surface area contributed by atoms with E-state index in [9.17, 15) is 13.2 Å². The molecular formula is C16H24N2O3S. The average Bonchev–Trinajstić information content (AvgIpc) is 2.45. The number of sulfonamides is 1. The van der Waals surface area contributed by atoms with E-state index in [1.54, 1.807) is 11.9 Å². The molecule has 0 saturated heterocycles. The molecule has 0 radical (unpaired) electrons. The van der Waals surface area contributed by atoms with Gasteiger partial charge in [-0.1, -0.05) is 44.2 Å². The number of carbonyl (C=O) groups excluding carboxylic acids is 1. The molecule has 22 heavy (non-hydrogen) atoms. The second-order valence-electron chi connectivity index (χ2n) is 5.57. The van der Waals surface area contributed by atoms with Gasteiger partial charge in [0.2, 0.25) is 15.9 Å². The van der Waals surface area contributed by atoms with Crippen molar-refractivity contribution in [3.8, 4) is 0 Å². The fraction of sp³-hybridized carbons (Fsp3) is 0.438. The minimum atomic E-state index is -3.53. The standard InChI is InChI=1S/C16H24N2O3S/c1-14(2)13-18(3)16(19)9-11-17-22(20,21)12-10-15-7-5-4-6-8-15/h4-8,10,12,14,17H,9,11,13H2,1-3H3/b12-10+. The van der Waals surface area contributed by atoms with Gasteiger partial charge in [-0.25, -0.2) is 13.1 Å². The first kappa shape index (κ1) is 18.4. The van der Waals surface area contributed by atoms with Gasteiger partial charge in [-0.05, 0) is 17.6 Å². The molecule has 0 aliphatic carbocycles. The molecule has 0 atom stereocenters. The maximum absolute atomic E-state index is 11.8. The fourth-order valence-electron chi connectivity index (χ4n) is 1.92. The molecule has 1 rings (SSSR count). The highest BCUT2D eigenvalue weighted by Gasteiger charge is 2.11. The molecule has 6 heteroatoms. The molecule has 122 valence electrons. The summed E-state index contributed by atoms with van der Waals surface area (Å²) < 4.78 is 26.0. The largest absolute Gasteiger partial charge is 0.345 e. The van der Waals surface area contributed by atoms with E-state index in [0.717, 1.165) is 11.0 Å². The lowest BCUT2D eigenvalue weighted by molar-refractivity contribution is -0.130. The molecule has 0 saturated carbocycles. The van der Waals surface area contributed by atoms with Crippen molar-refractivity contribution in [2.45, 2.75) is 20.3 Å². The summed E-state index contributed by atoms with van der Waals surface area (Å²) in [5.41, 5.74) is 0.806. The van der Waals surface area contributed by atoms with Crippen LogP contribution in [0.15, 0.2) is 35.7 Å². The van der Waals surface area contributed by atoms with Crippen LogP contribution in [0.3, 0.4) is 0 Å². The van der Waals surface area contributed by atoms with Crippen molar-refractivity contribution in [2.75, 3.05) is 20.1 Å². The Morgan fingerprint density at radius 2 is 1.91 bits per heavy atom. The van der Waals surface area contributed by atoms with Gasteiger partial charge in [0.1, 0.15) is 0 Å². The van der Waals surface area contributed by atoms with Crippen molar-refractivity contribution in [3.05, 3.63) is 41.3 Å². The third kappa shape index (κ3) is 7.38. The van der Waals surface area contributed by atoms with Crippen molar-refractivity contribution < 1.29 is 13.2 Å². The van der Waals surface area contributed by atoms with Gasteiger partial charge >= 0.3 is 0 Å². The molecule has 0 spiro atoms. The molecule has 0 bridgehead atoms. The van der Waals surface area contributed by atoms with Crippen LogP contribution in [0.25, 0.3) is 6.08 Å². The normalized spacial score (nSPS) is 12.0. The number of hydrogen-bond acceptors (Lipinski definition) is 3. The Morgan fingerprint density at radius 3 is 2.50 bits per heavy atom. The quantitative estimate of drug-likeness (QED) is 0.796. The molecule has 1 aromatic carbocycles. The summed E-state index contributed by atoms with van der Waals surface area (Å²) in [6.07, 6.45) is 1.68. The molecule has 0 heterocycles. The van der Waals surface area contributed by atoms with Crippen LogP contribution in [-0.4, -0.2) is 39.4 Å². The Labute approximate surface area is 133 Å². The van der Waals surface area contributed by atoms with E-state index in [-0.39, 0.29) is 18.9 Å². The lowest BCUT2D eigenvalue weighted by Crippen LogP contribution is -2.33. The number of rotatable bonds is 8. The van der Waals surface area contributed by atoms with Gasteiger partial charge in [0, 0.05) is 32.0 Å². The summed E-state index contributed by atoms with van der Waals surface area (Å²) in [4.78, 5) is 13.4. The first-order valence-electron chi connectivity index (χ1n) is 7.27. The third-order valence-corrected chi connectivity index (χ3v) is 4.05. The van der Waals surface area contributed by atoms with E-state index in [1.807, 2.05) is 44.2 Å². The van der Waals surface area contributed by atoms with Crippen LogP contribution in [0.4, 0.5) is 0 Å². The zero-order valence-electron chi connectivity index (χ0n) is 13.3. The Kier molecular flexibility index (Phi) is 7.27. The third-order valence-electron chi connectivity index (χ3n) is 2.95. The van der Waals surface area contributed by atoms with E-state index in [4.69, 9.17) is 0 Å². The van der Waals surface area contributed by atoms with Crippen LogP contribution in [0.1, 0.15) is 25.8 Å². The number of amides is 1. The molecule has 0 unspecified atom stereocenters. The van der Waals surface area contributed by atoms with Crippen LogP contribution in [0, 0.1) is 5.92 Å². The van der Waals surface area contributed by atoms with Gasteiger partial charge in [0.25, 0.3) is 0 Å². The minimum absolute atomic E-state index is 0.0663. The van der Waals surface area contributed by atoms with Crippen LogP contribution in [0.2, 0.25) is 0 Å². The molecule has 0 aromatic heterocycles. The van der Waals surface area contributed by atoms with Crippen molar-refractivity contribution in [1.29, 1.82) is 0 Å². The second kappa shape index (κ2) is 8.70. The molecule has 1 amide bonds. The highest BCUT2D eigenvalue weighted by molar-refractivity contribution is 7.92. The molecule has 1 N–H and O–H groups in total. The van der Waals surface area contributed by atoms with Crippen LogP contribution >= 0.6 is 0 Å². The predicted octanol–water partition coefficient (Wildman–Crippen LogP) is 2.08. The maximum Gasteiger partial charge on any atom is 0.233 e. The molecule has 5 nitrogen and oxygen atoms in total. The van der Waals surface area contributed by atoms with E-state index in [1.165, 1.54) is 6.08 Å². The summed E-state index contributed by atoms with van der Waals surface area (Å²) in [5, 5.41) is 1.12. The molecule has 1 aromatic rings. The predicted molar refractivity (Wildman–Crippen MR) is 89.5 cm³/mol. The first-order valence-corrected chi connectivity index (χ1v) is 8.81. The van der Waals surface area contributed by atoms with Gasteiger partial charge < -0.3 is 4.90 Å². The van der Waals surface area contributed by atoms with Crippen molar-refractivity contribution >= 4 is 22.0 Å². The van der Waals surface area contributed by atoms with Crippen molar-refractivity contribution in [2.24, 2.45) is 5.92 Å². The Balaban J connectivity index is 2.43. The number of hydrogen-bond donors (Lipinski definition) is 1. The van der Waals surface area contributed by atoms with Gasteiger partial charge in [0.05, 0.1) is 0 Å². The SMILES string of the molecule is CC(C)CN(C)C(=O)CCNS(=O)(=O)/C=C/c1ccccc1. The fourth-order valence-corrected chi connectivity index (χ4v) is 2.74. The summed E-state index contributed by atoms with van der Waals surface area (Å²) >= 11 is 0. The van der Waals surface area contributed by atoms with Crippen molar-refractivity contribution in [1.82, 2.24) is 9.62 Å². The van der Waals surface area contributed by atoms with E-state index < -0.39 is 10.0 Å². The van der Waals surface area contributed by atoms with Gasteiger partial charge in [0.15, 0.2) is 0 Å². The Hall–Kier alpha value is -1.66. The van der Waals surface area contributed by atoms with E-state index in [0.29, 0.717) is 12.5 Å². The van der Waals surface area contributed by atoms with E-state index >= 15 is 0 Å². The van der Waals surface area contributed by atoms with Crippen LogP contribution < -0.4 is 4.72 Å². The highest BCUT2D eigenvalue weighted by Crippen LogP contribution is 2.03. The second-order valence-corrected chi connectivity index (χ2v) is 7.22. The lowest BCUT2D eigenvalue weighted by atomic mass is 10.2. The molecule has 0 fully saturated rings. The molecule has 0 aliphatic rings. The monoisotopic (exact) mass is 324 g/mol. The van der Waals surface area contributed by atoms with Gasteiger partial charge in [-0.3, -0.25) is 4.79 Å². The lowest BCUT2D eigenvalue weighted by Gasteiger charge is -2.19. The molecular weight excluding hydrogens is 300 g/mol. The number of carbonyl (C=O) groups is 1. The summed E-state index contributed by atoms with van der Waals surface area (Å²) in [7, 11) is -1.80. The Bertz CT molecular complexity index is 595. The summed E-state index contributed by atoms with van der Waals surface area (Å²) in [6, 6.07) is 9.17. The zero-order chi connectivity index (χ0) is 16.6. The Morgan fingerprint density at radius 1 is 1.27 bits per heavy atom. The molecule has 0 aliphatic heterocycles.